The number of allylic oxidation sites excluding steroid dienone is 2. The number of carbonyl (C=O) groups is 1. The number of benzene rings is 1. The van der Waals surface area contributed by atoms with Crippen LogP contribution in [0.5, 0.6) is 0 Å². The Morgan fingerprint density at radius 1 is 1.16 bits per heavy atom. The van der Waals surface area contributed by atoms with Crippen LogP contribution in [0.2, 0.25) is 0 Å². The second-order valence-electron chi connectivity index (χ2n) is 6.48. The van der Waals surface area contributed by atoms with Crippen molar-refractivity contribution in [2.75, 3.05) is 11.4 Å². The van der Waals surface area contributed by atoms with Crippen molar-refractivity contribution >= 4 is 77.0 Å². The molecule has 0 radical (unpaired) electrons. The van der Waals surface area contributed by atoms with Gasteiger partial charge in [-0.3, -0.25) is 14.6 Å². The maximum Gasteiger partial charge on any atom is 0.284 e. The van der Waals surface area contributed by atoms with E-state index in [-0.39, 0.29) is 16.0 Å². The molecule has 162 valence electrons. The van der Waals surface area contributed by atoms with Crippen LogP contribution >= 0.6 is 50.8 Å². The number of sulfonamides is 1. The Balaban J connectivity index is 1.77. The van der Waals surface area contributed by atoms with Crippen molar-refractivity contribution in [3.8, 4) is 0 Å². The van der Waals surface area contributed by atoms with Crippen molar-refractivity contribution in [3.63, 3.8) is 0 Å². The lowest BCUT2D eigenvalue weighted by molar-refractivity contribution is -0.122. The quantitative estimate of drug-likeness (QED) is 0.477. The topological polar surface area (TPSA) is 82.9 Å². The SMILES string of the molecule is CCN1C(=O)C(=C2SC(C)=C(C)N2c2nccs2)SC1=NS(=O)(=O)c1ccc(Br)cc1. The van der Waals surface area contributed by atoms with E-state index in [4.69, 9.17) is 0 Å². The van der Waals surface area contributed by atoms with Gasteiger partial charge in [0, 0.05) is 33.2 Å². The number of hydrogen-bond acceptors (Lipinski definition) is 8. The van der Waals surface area contributed by atoms with Gasteiger partial charge >= 0.3 is 0 Å². The van der Waals surface area contributed by atoms with Crippen molar-refractivity contribution < 1.29 is 13.2 Å². The maximum atomic E-state index is 13.2. The van der Waals surface area contributed by atoms with E-state index in [1.807, 2.05) is 24.1 Å². The van der Waals surface area contributed by atoms with E-state index in [0.29, 0.717) is 11.4 Å². The van der Waals surface area contributed by atoms with Crippen molar-refractivity contribution in [1.82, 2.24) is 9.88 Å². The van der Waals surface area contributed by atoms with Crippen LogP contribution in [0.1, 0.15) is 20.8 Å². The molecule has 7 nitrogen and oxygen atoms in total. The molecule has 0 atom stereocenters. The summed E-state index contributed by atoms with van der Waals surface area (Å²) in [6, 6.07) is 6.25. The van der Waals surface area contributed by atoms with Crippen LogP contribution < -0.4 is 4.90 Å². The minimum absolute atomic E-state index is 0.0708. The Morgan fingerprint density at radius 2 is 1.87 bits per heavy atom. The third-order valence-electron chi connectivity index (χ3n) is 4.59. The second-order valence-corrected chi connectivity index (χ2v) is 12.1. The van der Waals surface area contributed by atoms with Gasteiger partial charge < -0.3 is 0 Å². The van der Waals surface area contributed by atoms with Gasteiger partial charge in [0.25, 0.3) is 15.9 Å². The number of carbonyl (C=O) groups excluding carboxylic acids is 1. The first-order valence-electron chi connectivity index (χ1n) is 9.12. The smallest absolute Gasteiger partial charge is 0.284 e. The number of amides is 1. The Hall–Kier alpha value is -1.60. The van der Waals surface area contributed by atoms with Gasteiger partial charge in [0.2, 0.25) is 0 Å². The molecule has 0 spiro atoms. The van der Waals surface area contributed by atoms with Crippen molar-refractivity contribution in [3.05, 3.63) is 60.9 Å². The van der Waals surface area contributed by atoms with Gasteiger partial charge in [-0.25, -0.2) is 4.98 Å². The van der Waals surface area contributed by atoms with Crippen molar-refractivity contribution in [2.45, 2.75) is 25.7 Å². The summed E-state index contributed by atoms with van der Waals surface area (Å²) in [7, 11) is -3.96. The summed E-state index contributed by atoms with van der Waals surface area (Å²) >= 11 is 7.34. The number of thioether (sulfide) groups is 2. The summed E-state index contributed by atoms with van der Waals surface area (Å²) in [5, 5.41) is 3.51. The van der Waals surface area contributed by atoms with E-state index in [2.05, 4.69) is 25.3 Å². The number of aromatic nitrogens is 1. The third-order valence-corrected chi connectivity index (χ3v) is 9.65. The highest BCUT2D eigenvalue weighted by molar-refractivity contribution is 9.10. The molecule has 2 aliphatic heterocycles. The predicted molar refractivity (Wildman–Crippen MR) is 131 cm³/mol. The largest absolute Gasteiger partial charge is 0.286 e. The van der Waals surface area contributed by atoms with Crippen LogP contribution in [0, 0.1) is 0 Å². The Labute approximate surface area is 201 Å². The number of thiazole rings is 1. The maximum absolute atomic E-state index is 13.2. The molecule has 3 heterocycles. The fourth-order valence-corrected chi connectivity index (χ4v) is 7.43. The Kier molecular flexibility index (Phi) is 6.37. The molecule has 0 saturated carbocycles. The third kappa shape index (κ3) is 4.23. The number of amidine groups is 1. The van der Waals surface area contributed by atoms with E-state index in [1.165, 1.54) is 40.1 Å². The van der Waals surface area contributed by atoms with Crippen LogP contribution in [0.15, 0.2) is 70.1 Å². The number of nitrogens with zero attached hydrogens (tertiary/aromatic N) is 4. The van der Waals surface area contributed by atoms with Gasteiger partial charge in [-0.15, -0.1) is 15.7 Å². The standard InChI is InChI=1S/C19H17BrN4O3S4/c1-4-23-16(25)15(17-24(11(2)12(3)29-17)18-21-9-10-28-18)30-19(23)22-31(26,27)14-7-5-13(20)6-8-14/h5-10H,4H2,1-3H3. The van der Waals surface area contributed by atoms with Gasteiger partial charge in [-0.05, 0) is 56.8 Å². The molecule has 1 fully saturated rings. The zero-order valence-corrected chi connectivity index (χ0v) is 21.5. The lowest BCUT2D eigenvalue weighted by Crippen LogP contribution is -2.30. The molecule has 1 amide bonds. The molecule has 0 aliphatic carbocycles. The number of hydrogen-bond donors (Lipinski definition) is 0. The zero-order chi connectivity index (χ0) is 22.3. The summed E-state index contributed by atoms with van der Waals surface area (Å²) in [5.41, 5.74) is 0.992. The van der Waals surface area contributed by atoms with Crippen molar-refractivity contribution in [2.24, 2.45) is 4.40 Å². The van der Waals surface area contributed by atoms with Crippen LogP contribution in [0.25, 0.3) is 0 Å². The number of likely N-dealkylation sites (N-methyl/N-ethyl adjacent to an activating group) is 1. The van der Waals surface area contributed by atoms with E-state index in [0.717, 1.165) is 37.0 Å². The molecule has 2 aromatic rings. The summed E-state index contributed by atoms with van der Waals surface area (Å²) in [5.74, 6) is -0.260. The van der Waals surface area contributed by atoms with Gasteiger partial charge in [0.15, 0.2) is 10.3 Å². The summed E-state index contributed by atoms with van der Waals surface area (Å²) < 4.78 is 30.5. The minimum Gasteiger partial charge on any atom is -0.286 e. The fourth-order valence-electron chi connectivity index (χ4n) is 2.92. The lowest BCUT2D eigenvalue weighted by Gasteiger charge is -2.19. The number of halogens is 1. The van der Waals surface area contributed by atoms with E-state index < -0.39 is 10.0 Å². The number of anilines is 1. The molecular formula is C19H17BrN4O3S4. The normalized spacial score (nSPS) is 21.2. The van der Waals surface area contributed by atoms with E-state index >= 15 is 0 Å². The highest BCUT2D eigenvalue weighted by atomic mass is 79.9. The molecule has 1 aromatic heterocycles. The molecule has 4 rings (SSSR count). The zero-order valence-electron chi connectivity index (χ0n) is 16.7. The van der Waals surface area contributed by atoms with Gasteiger partial charge in [0.1, 0.15) is 9.93 Å². The minimum atomic E-state index is -3.96. The Bertz CT molecular complexity index is 1240. The Morgan fingerprint density at radius 3 is 2.48 bits per heavy atom. The van der Waals surface area contributed by atoms with Crippen LogP contribution in [-0.2, 0) is 14.8 Å². The van der Waals surface area contributed by atoms with Gasteiger partial charge in [-0.2, -0.15) is 8.42 Å². The molecule has 1 aromatic carbocycles. The first kappa shape index (κ1) is 22.6. The summed E-state index contributed by atoms with van der Waals surface area (Å²) in [6.45, 7) is 6.07. The van der Waals surface area contributed by atoms with Crippen LogP contribution in [-0.4, -0.2) is 35.9 Å². The first-order valence-corrected chi connectivity index (χ1v) is 13.9. The fraction of sp³-hybridized carbons (Fsp3) is 0.211. The monoisotopic (exact) mass is 556 g/mol. The molecule has 2 aliphatic rings. The highest BCUT2D eigenvalue weighted by Crippen LogP contribution is 2.49. The first-order chi connectivity index (χ1) is 14.7. The molecule has 0 bridgehead atoms. The molecule has 0 N–H and O–H groups in total. The van der Waals surface area contributed by atoms with Crippen LogP contribution in [0.4, 0.5) is 5.13 Å². The summed E-state index contributed by atoms with van der Waals surface area (Å²) in [4.78, 5) is 22.5. The van der Waals surface area contributed by atoms with Crippen molar-refractivity contribution in [1.29, 1.82) is 0 Å². The molecule has 12 heteroatoms. The average Bonchev–Trinajstić information content (AvgIpc) is 3.41. The molecule has 1 saturated heterocycles. The predicted octanol–water partition coefficient (Wildman–Crippen LogP) is 5.22. The highest BCUT2D eigenvalue weighted by Gasteiger charge is 2.40. The molecule has 31 heavy (non-hydrogen) atoms. The van der Waals surface area contributed by atoms with E-state index in [9.17, 15) is 13.2 Å². The van der Waals surface area contributed by atoms with Gasteiger partial charge in [-0.1, -0.05) is 27.7 Å². The summed E-state index contributed by atoms with van der Waals surface area (Å²) in [6.07, 6.45) is 1.72. The molecular weight excluding hydrogens is 540 g/mol. The number of rotatable bonds is 4. The van der Waals surface area contributed by atoms with E-state index in [1.54, 1.807) is 25.3 Å². The second kappa shape index (κ2) is 8.74. The average molecular weight is 558 g/mol. The molecule has 0 unspecified atom stereocenters. The van der Waals surface area contributed by atoms with Gasteiger partial charge in [0.05, 0.1) is 4.90 Å². The van der Waals surface area contributed by atoms with Crippen LogP contribution in [0.3, 0.4) is 0 Å². The lowest BCUT2D eigenvalue weighted by atomic mass is 10.4.